The molecule has 0 fully saturated rings. The van der Waals surface area contributed by atoms with Gasteiger partial charge in [0.25, 0.3) is 0 Å². The first-order valence-electron chi connectivity index (χ1n) is 7.57. The van der Waals surface area contributed by atoms with E-state index < -0.39 is 0 Å². The first-order chi connectivity index (χ1) is 8.66. The van der Waals surface area contributed by atoms with Crippen LogP contribution < -0.4 is 5.32 Å². The van der Waals surface area contributed by atoms with E-state index in [-0.39, 0.29) is 5.91 Å². The van der Waals surface area contributed by atoms with Crippen LogP contribution in [0.25, 0.3) is 0 Å². The molecule has 1 atom stereocenters. The summed E-state index contributed by atoms with van der Waals surface area (Å²) in [6, 6.07) is 0. The number of rotatable bonds is 12. The zero-order chi connectivity index (χ0) is 13.6. The Hall–Kier alpha value is -0.0500. The lowest BCUT2D eigenvalue weighted by Gasteiger charge is -2.06. The summed E-state index contributed by atoms with van der Waals surface area (Å²) in [6.07, 6.45) is 11.8. The fourth-order valence-electron chi connectivity index (χ4n) is 1.94. The number of amides is 1. The maximum atomic E-state index is 11.5. The van der Waals surface area contributed by atoms with Crippen LogP contribution in [0.4, 0.5) is 0 Å². The van der Waals surface area contributed by atoms with Crippen LogP contribution in [0.5, 0.6) is 0 Å². The quantitative estimate of drug-likeness (QED) is 0.406. The summed E-state index contributed by atoms with van der Waals surface area (Å²) in [5.74, 6) is 0.228. The van der Waals surface area contributed by atoms with Crippen LogP contribution in [0.1, 0.15) is 78.1 Å². The van der Waals surface area contributed by atoms with Gasteiger partial charge in [-0.2, -0.15) is 0 Å². The highest BCUT2D eigenvalue weighted by atomic mass is 79.9. The van der Waals surface area contributed by atoms with Crippen LogP contribution in [-0.4, -0.2) is 17.3 Å². The maximum Gasteiger partial charge on any atom is 0.219 e. The summed E-state index contributed by atoms with van der Waals surface area (Å²) >= 11 is 3.51. The van der Waals surface area contributed by atoms with Crippen molar-refractivity contribution in [1.29, 1.82) is 0 Å². The van der Waals surface area contributed by atoms with Crippen molar-refractivity contribution in [3.8, 4) is 0 Å². The summed E-state index contributed by atoms with van der Waals surface area (Å²) < 4.78 is 0. The first-order valence-corrected chi connectivity index (χ1v) is 8.49. The molecular weight excluding hydrogens is 290 g/mol. The summed E-state index contributed by atoms with van der Waals surface area (Å²) in [5.41, 5.74) is 0. The number of carbonyl (C=O) groups excluding carboxylic acids is 1. The molecule has 0 rings (SSSR count). The maximum absolute atomic E-state index is 11.5. The molecule has 3 heteroatoms. The third-order valence-corrected chi connectivity index (χ3v) is 3.57. The Kier molecular flexibility index (Phi) is 13.3. The number of alkyl halides is 1. The van der Waals surface area contributed by atoms with E-state index in [1.807, 2.05) is 0 Å². The Morgan fingerprint density at radius 1 is 1.06 bits per heavy atom. The molecule has 0 heterocycles. The molecule has 0 aromatic heterocycles. The monoisotopic (exact) mass is 319 g/mol. The van der Waals surface area contributed by atoms with Crippen LogP contribution in [0, 0.1) is 0 Å². The molecule has 18 heavy (non-hydrogen) atoms. The third kappa shape index (κ3) is 14.0. The fourth-order valence-corrected chi connectivity index (χ4v) is 2.27. The SMILES string of the molecule is CCCCCCCCCC(=O)NCCCC(C)Br. The molecule has 0 aliphatic rings. The third-order valence-electron chi connectivity index (χ3n) is 3.11. The van der Waals surface area contributed by atoms with E-state index in [9.17, 15) is 4.79 Å². The van der Waals surface area contributed by atoms with E-state index in [4.69, 9.17) is 0 Å². The predicted molar refractivity (Wildman–Crippen MR) is 83.2 cm³/mol. The van der Waals surface area contributed by atoms with Crippen molar-refractivity contribution < 1.29 is 4.79 Å². The topological polar surface area (TPSA) is 29.1 Å². The van der Waals surface area contributed by atoms with E-state index in [0.717, 1.165) is 25.8 Å². The molecule has 1 unspecified atom stereocenters. The number of carbonyl (C=O) groups is 1. The summed E-state index contributed by atoms with van der Waals surface area (Å²) in [7, 11) is 0. The van der Waals surface area contributed by atoms with Crippen LogP contribution in [0.15, 0.2) is 0 Å². The van der Waals surface area contributed by atoms with E-state index in [0.29, 0.717) is 11.2 Å². The van der Waals surface area contributed by atoms with Gasteiger partial charge in [0.05, 0.1) is 0 Å². The molecule has 108 valence electrons. The number of hydrogen-bond donors (Lipinski definition) is 1. The fraction of sp³-hybridized carbons (Fsp3) is 0.933. The number of hydrogen-bond acceptors (Lipinski definition) is 1. The number of unbranched alkanes of at least 4 members (excludes halogenated alkanes) is 6. The van der Waals surface area contributed by atoms with Gasteiger partial charge in [-0.15, -0.1) is 0 Å². The lowest BCUT2D eigenvalue weighted by Crippen LogP contribution is -2.24. The second-order valence-corrected chi connectivity index (χ2v) is 6.71. The van der Waals surface area contributed by atoms with Crippen molar-refractivity contribution in [2.24, 2.45) is 0 Å². The predicted octanol–water partition coefficient (Wildman–Crippen LogP) is 4.81. The molecule has 0 saturated carbocycles. The van der Waals surface area contributed by atoms with Gasteiger partial charge in [0.15, 0.2) is 0 Å². The van der Waals surface area contributed by atoms with Gasteiger partial charge in [-0.25, -0.2) is 0 Å². The van der Waals surface area contributed by atoms with Gasteiger partial charge in [0.1, 0.15) is 0 Å². The van der Waals surface area contributed by atoms with Crippen LogP contribution in [0.3, 0.4) is 0 Å². The largest absolute Gasteiger partial charge is 0.356 e. The molecule has 0 spiro atoms. The Morgan fingerprint density at radius 2 is 1.67 bits per heavy atom. The van der Waals surface area contributed by atoms with Crippen molar-refractivity contribution in [2.45, 2.75) is 82.9 Å². The minimum Gasteiger partial charge on any atom is -0.356 e. The standard InChI is InChI=1S/C15H30BrNO/c1-3-4-5-6-7-8-9-12-15(18)17-13-10-11-14(2)16/h14H,3-13H2,1-2H3,(H,17,18). The van der Waals surface area contributed by atoms with Crippen molar-refractivity contribution in [3.05, 3.63) is 0 Å². The van der Waals surface area contributed by atoms with Gasteiger partial charge in [-0.3, -0.25) is 4.79 Å². The second kappa shape index (κ2) is 13.4. The second-order valence-electron chi connectivity index (χ2n) is 5.14. The minimum absolute atomic E-state index is 0.228. The van der Waals surface area contributed by atoms with E-state index in [1.54, 1.807) is 0 Å². The van der Waals surface area contributed by atoms with Gasteiger partial charge < -0.3 is 5.32 Å². The van der Waals surface area contributed by atoms with E-state index >= 15 is 0 Å². The zero-order valence-electron chi connectivity index (χ0n) is 12.1. The summed E-state index contributed by atoms with van der Waals surface area (Å²) in [4.78, 5) is 12.1. The molecule has 0 bridgehead atoms. The summed E-state index contributed by atoms with van der Waals surface area (Å²) in [5, 5.41) is 2.99. The molecule has 0 aliphatic heterocycles. The normalized spacial score (nSPS) is 12.4. The Bertz CT molecular complexity index is 195. The van der Waals surface area contributed by atoms with E-state index in [2.05, 4.69) is 35.1 Å². The van der Waals surface area contributed by atoms with Gasteiger partial charge in [-0.05, 0) is 19.3 Å². The lowest BCUT2D eigenvalue weighted by molar-refractivity contribution is -0.121. The van der Waals surface area contributed by atoms with Crippen molar-refractivity contribution >= 4 is 21.8 Å². The molecule has 0 saturated heterocycles. The zero-order valence-corrected chi connectivity index (χ0v) is 13.7. The van der Waals surface area contributed by atoms with Crippen molar-refractivity contribution in [1.82, 2.24) is 5.32 Å². The summed E-state index contributed by atoms with van der Waals surface area (Å²) in [6.45, 7) is 5.20. The smallest absolute Gasteiger partial charge is 0.219 e. The molecule has 0 aromatic rings. The minimum atomic E-state index is 0.228. The number of nitrogens with one attached hydrogen (secondary N) is 1. The molecular formula is C15H30BrNO. The Balaban J connectivity index is 3.17. The van der Waals surface area contributed by atoms with Gasteiger partial charge >= 0.3 is 0 Å². The number of halogens is 1. The van der Waals surface area contributed by atoms with Crippen LogP contribution in [0.2, 0.25) is 0 Å². The highest BCUT2D eigenvalue weighted by Crippen LogP contribution is 2.08. The highest BCUT2D eigenvalue weighted by molar-refractivity contribution is 9.09. The lowest BCUT2D eigenvalue weighted by atomic mass is 10.1. The van der Waals surface area contributed by atoms with E-state index in [1.165, 1.54) is 38.5 Å². The van der Waals surface area contributed by atoms with Crippen LogP contribution in [-0.2, 0) is 4.79 Å². The van der Waals surface area contributed by atoms with Crippen molar-refractivity contribution in [3.63, 3.8) is 0 Å². The average Bonchev–Trinajstić information content (AvgIpc) is 2.33. The van der Waals surface area contributed by atoms with Gasteiger partial charge in [0.2, 0.25) is 5.91 Å². The molecule has 1 amide bonds. The molecule has 2 nitrogen and oxygen atoms in total. The van der Waals surface area contributed by atoms with Gasteiger partial charge in [0, 0.05) is 17.8 Å². The van der Waals surface area contributed by atoms with Crippen molar-refractivity contribution in [2.75, 3.05) is 6.54 Å². The molecule has 1 N–H and O–H groups in total. The van der Waals surface area contributed by atoms with Gasteiger partial charge in [-0.1, -0.05) is 68.3 Å². The Morgan fingerprint density at radius 3 is 2.28 bits per heavy atom. The molecule has 0 aliphatic carbocycles. The highest BCUT2D eigenvalue weighted by Gasteiger charge is 2.01. The Labute approximate surface area is 121 Å². The molecule has 0 aromatic carbocycles. The van der Waals surface area contributed by atoms with Crippen LogP contribution >= 0.6 is 15.9 Å². The molecule has 0 radical (unpaired) electrons. The first kappa shape index (κ1) is 17.9. The average molecular weight is 320 g/mol.